The third kappa shape index (κ3) is 3.82. The highest BCUT2D eigenvalue weighted by molar-refractivity contribution is 5.89. The number of amides is 2. The van der Waals surface area contributed by atoms with E-state index >= 15 is 0 Å². The van der Waals surface area contributed by atoms with Crippen LogP contribution in [-0.2, 0) is 16.1 Å². The van der Waals surface area contributed by atoms with Crippen LogP contribution in [0.15, 0.2) is 30.3 Å². The number of hydrogen-bond acceptors (Lipinski definition) is 3. The molecule has 0 radical (unpaired) electrons. The minimum absolute atomic E-state index is 0.0232. The summed E-state index contributed by atoms with van der Waals surface area (Å²) in [6.07, 6.45) is 2.37. The minimum Gasteiger partial charge on any atom is -0.353 e. The van der Waals surface area contributed by atoms with E-state index in [0.717, 1.165) is 24.9 Å². The van der Waals surface area contributed by atoms with Crippen LogP contribution < -0.4 is 10.6 Å². The Morgan fingerprint density at radius 3 is 2.76 bits per heavy atom. The van der Waals surface area contributed by atoms with E-state index in [4.69, 9.17) is 0 Å². The lowest BCUT2D eigenvalue weighted by molar-refractivity contribution is -0.138. The fourth-order valence-electron chi connectivity index (χ4n) is 2.61. The number of carbonyl (C=O) groups is 2. The van der Waals surface area contributed by atoms with Crippen LogP contribution in [0.5, 0.6) is 0 Å². The van der Waals surface area contributed by atoms with Gasteiger partial charge in [0.1, 0.15) is 0 Å². The van der Waals surface area contributed by atoms with Gasteiger partial charge in [-0.1, -0.05) is 30.3 Å². The molecule has 21 heavy (non-hydrogen) atoms. The zero-order valence-corrected chi connectivity index (χ0v) is 12.0. The number of piperazine rings is 1. The van der Waals surface area contributed by atoms with Gasteiger partial charge >= 0.3 is 0 Å². The first-order chi connectivity index (χ1) is 10.2. The quantitative estimate of drug-likeness (QED) is 0.836. The monoisotopic (exact) mass is 287 g/mol. The van der Waals surface area contributed by atoms with Gasteiger partial charge in [0.05, 0.1) is 12.5 Å². The molecule has 1 heterocycles. The zero-order valence-electron chi connectivity index (χ0n) is 12.0. The lowest BCUT2D eigenvalue weighted by Crippen LogP contribution is -2.55. The van der Waals surface area contributed by atoms with Crippen molar-refractivity contribution in [1.29, 1.82) is 0 Å². The highest BCUT2D eigenvalue weighted by Crippen LogP contribution is 2.19. The van der Waals surface area contributed by atoms with Gasteiger partial charge in [-0.05, 0) is 18.4 Å². The Morgan fingerprint density at radius 2 is 2.05 bits per heavy atom. The van der Waals surface area contributed by atoms with Gasteiger partial charge in [0.2, 0.25) is 11.8 Å². The maximum absolute atomic E-state index is 12.5. The average Bonchev–Trinajstić information content (AvgIpc) is 3.28. The summed E-state index contributed by atoms with van der Waals surface area (Å²) in [5.74, 6) is 0.000890. The van der Waals surface area contributed by atoms with Crippen molar-refractivity contribution in [1.82, 2.24) is 15.5 Å². The molecule has 5 heteroatoms. The lowest BCUT2D eigenvalue weighted by Gasteiger charge is -2.33. The smallest absolute Gasteiger partial charge is 0.240 e. The van der Waals surface area contributed by atoms with Crippen molar-refractivity contribution in [2.45, 2.75) is 37.9 Å². The Kier molecular flexibility index (Phi) is 4.20. The average molecular weight is 287 g/mol. The van der Waals surface area contributed by atoms with Crippen LogP contribution in [0, 0.1) is 0 Å². The topological polar surface area (TPSA) is 61.4 Å². The molecule has 1 aromatic carbocycles. The summed E-state index contributed by atoms with van der Waals surface area (Å²) in [7, 11) is 0. The van der Waals surface area contributed by atoms with Crippen LogP contribution in [0.25, 0.3) is 0 Å². The predicted octanol–water partition coefficient (Wildman–Crippen LogP) is 0.656. The maximum Gasteiger partial charge on any atom is 0.240 e. The Labute approximate surface area is 124 Å². The fourth-order valence-corrected chi connectivity index (χ4v) is 2.61. The molecule has 1 saturated heterocycles. The van der Waals surface area contributed by atoms with Gasteiger partial charge in [0.25, 0.3) is 0 Å². The van der Waals surface area contributed by atoms with Crippen LogP contribution >= 0.6 is 0 Å². The Balaban J connectivity index is 1.56. The maximum atomic E-state index is 12.5. The third-order valence-corrected chi connectivity index (χ3v) is 3.93. The van der Waals surface area contributed by atoms with Gasteiger partial charge in [-0.3, -0.25) is 9.59 Å². The van der Waals surface area contributed by atoms with E-state index in [9.17, 15) is 9.59 Å². The molecule has 5 nitrogen and oxygen atoms in total. The Bertz CT molecular complexity index is 514. The van der Waals surface area contributed by atoms with Gasteiger partial charge in [0.15, 0.2) is 0 Å². The molecule has 2 aliphatic rings. The van der Waals surface area contributed by atoms with Crippen molar-refractivity contribution in [2.75, 3.05) is 13.1 Å². The molecule has 1 saturated carbocycles. The van der Waals surface area contributed by atoms with Crippen molar-refractivity contribution in [3.8, 4) is 0 Å². The second kappa shape index (κ2) is 6.26. The van der Waals surface area contributed by atoms with E-state index in [1.165, 1.54) is 0 Å². The standard InChI is InChI=1S/C16H21N3O2/c20-15(18-13-6-7-13)10-14-16(21)19(9-8-17-14)11-12-4-2-1-3-5-12/h1-5,13-14,17H,6-11H2,(H,18,20). The summed E-state index contributed by atoms with van der Waals surface area (Å²) in [6.45, 7) is 2.04. The Morgan fingerprint density at radius 1 is 1.29 bits per heavy atom. The molecule has 0 spiro atoms. The van der Waals surface area contributed by atoms with E-state index < -0.39 is 0 Å². The zero-order chi connectivity index (χ0) is 14.7. The molecule has 1 unspecified atom stereocenters. The largest absolute Gasteiger partial charge is 0.353 e. The van der Waals surface area contributed by atoms with Crippen LogP contribution in [0.1, 0.15) is 24.8 Å². The molecule has 1 aliphatic heterocycles. The van der Waals surface area contributed by atoms with Gasteiger partial charge in [-0.15, -0.1) is 0 Å². The second-order valence-electron chi connectivity index (χ2n) is 5.80. The second-order valence-corrected chi connectivity index (χ2v) is 5.80. The van der Waals surface area contributed by atoms with Crippen LogP contribution in [0.2, 0.25) is 0 Å². The molecule has 1 atom stereocenters. The number of benzene rings is 1. The summed E-state index contributed by atoms with van der Waals surface area (Å²) in [5.41, 5.74) is 1.12. The number of nitrogens with zero attached hydrogens (tertiary/aromatic N) is 1. The van der Waals surface area contributed by atoms with Gasteiger partial charge in [-0.25, -0.2) is 0 Å². The van der Waals surface area contributed by atoms with Crippen LogP contribution in [0.3, 0.4) is 0 Å². The first-order valence-corrected chi connectivity index (χ1v) is 7.58. The molecule has 0 aromatic heterocycles. The summed E-state index contributed by atoms with van der Waals surface area (Å²) in [6, 6.07) is 9.91. The van der Waals surface area contributed by atoms with Crippen molar-refractivity contribution in [3.05, 3.63) is 35.9 Å². The summed E-state index contributed by atoms with van der Waals surface area (Å²) in [4.78, 5) is 26.1. The van der Waals surface area contributed by atoms with Crippen molar-refractivity contribution in [3.63, 3.8) is 0 Å². The SMILES string of the molecule is O=C(CC1NCCN(Cc2ccccc2)C1=O)NC1CC1. The number of nitrogens with one attached hydrogen (secondary N) is 2. The molecule has 0 bridgehead atoms. The predicted molar refractivity (Wildman–Crippen MR) is 79.4 cm³/mol. The lowest BCUT2D eigenvalue weighted by atomic mass is 10.1. The molecular formula is C16H21N3O2. The van der Waals surface area contributed by atoms with E-state index in [1.54, 1.807) is 0 Å². The van der Waals surface area contributed by atoms with E-state index in [1.807, 2.05) is 35.2 Å². The van der Waals surface area contributed by atoms with Crippen LogP contribution in [0.4, 0.5) is 0 Å². The van der Waals surface area contributed by atoms with Crippen molar-refractivity contribution >= 4 is 11.8 Å². The number of carbonyl (C=O) groups excluding carboxylic acids is 2. The summed E-state index contributed by atoms with van der Waals surface area (Å²) >= 11 is 0. The molecule has 1 aromatic rings. The first kappa shape index (κ1) is 14.1. The molecule has 112 valence electrons. The minimum atomic E-state index is -0.388. The molecule has 3 rings (SSSR count). The van der Waals surface area contributed by atoms with Gasteiger partial charge in [-0.2, -0.15) is 0 Å². The number of hydrogen-bond donors (Lipinski definition) is 2. The Hall–Kier alpha value is -1.88. The summed E-state index contributed by atoms with van der Waals surface area (Å²) in [5, 5.41) is 6.09. The highest BCUT2D eigenvalue weighted by Gasteiger charge is 2.31. The normalized spacial score (nSPS) is 22.2. The fraction of sp³-hybridized carbons (Fsp3) is 0.500. The summed E-state index contributed by atoms with van der Waals surface area (Å²) < 4.78 is 0. The van der Waals surface area contributed by atoms with Crippen molar-refractivity contribution < 1.29 is 9.59 Å². The van der Waals surface area contributed by atoms with E-state index in [0.29, 0.717) is 19.1 Å². The molecule has 1 aliphatic carbocycles. The van der Waals surface area contributed by atoms with Gasteiger partial charge in [0, 0.05) is 25.7 Å². The highest BCUT2D eigenvalue weighted by atomic mass is 16.2. The van der Waals surface area contributed by atoms with E-state index in [2.05, 4.69) is 10.6 Å². The molecular weight excluding hydrogens is 266 g/mol. The molecule has 2 N–H and O–H groups in total. The first-order valence-electron chi connectivity index (χ1n) is 7.58. The third-order valence-electron chi connectivity index (χ3n) is 3.93. The van der Waals surface area contributed by atoms with Gasteiger partial charge < -0.3 is 15.5 Å². The van der Waals surface area contributed by atoms with Crippen molar-refractivity contribution in [2.24, 2.45) is 0 Å². The number of rotatable bonds is 5. The molecule has 2 fully saturated rings. The molecule has 2 amide bonds. The van der Waals surface area contributed by atoms with Crippen LogP contribution in [-0.4, -0.2) is 41.9 Å². The van der Waals surface area contributed by atoms with E-state index in [-0.39, 0.29) is 24.3 Å².